The normalized spacial score (nSPS) is 17.5. The van der Waals surface area contributed by atoms with Crippen molar-refractivity contribution in [2.75, 3.05) is 13.2 Å². The molecule has 6 heteroatoms. The third-order valence-electron chi connectivity index (χ3n) is 3.73. The van der Waals surface area contributed by atoms with E-state index in [1.807, 2.05) is 0 Å². The van der Waals surface area contributed by atoms with Crippen LogP contribution in [0, 0.1) is 5.82 Å². The fraction of sp³-hybridized carbons (Fsp3) is 0.500. The van der Waals surface area contributed by atoms with Crippen molar-refractivity contribution in [1.29, 1.82) is 0 Å². The molecule has 2 rings (SSSR count). The number of halogens is 1. The topological polar surface area (TPSA) is 66.8 Å². The van der Waals surface area contributed by atoms with Gasteiger partial charge in [0.25, 0.3) is 0 Å². The lowest BCUT2D eigenvalue weighted by atomic mass is 10.1. The second-order valence-electron chi connectivity index (χ2n) is 5.39. The summed E-state index contributed by atoms with van der Waals surface area (Å²) in [6.45, 7) is 1.00. The molecule has 22 heavy (non-hydrogen) atoms. The summed E-state index contributed by atoms with van der Waals surface area (Å²) in [5.74, 6) is -0.643. The van der Waals surface area contributed by atoms with Gasteiger partial charge in [-0.15, -0.1) is 0 Å². The molecule has 0 aromatic heterocycles. The van der Waals surface area contributed by atoms with Gasteiger partial charge in [0.15, 0.2) is 0 Å². The molecule has 0 spiro atoms. The highest BCUT2D eigenvalue weighted by Gasteiger charge is 2.29. The van der Waals surface area contributed by atoms with Crippen LogP contribution in [0.3, 0.4) is 0 Å². The Bertz CT molecular complexity index is 517. The van der Waals surface area contributed by atoms with E-state index in [9.17, 15) is 14.0 Å². The maximum atomic E-state index is 12.7. The Labute approximate surface area is 128 Å². The molecule has 1 saturated heterocycles. The van der Waals surface area contributed by atoms with E-state index in [1.165, 1.54) is 12.1 Å². The van der Waals surface area contributed by atoms with Gasteiger partial charge in [-0.25, -0.2) is 4.39 Å². The highest BCUT2D eigenvalue weighted by molar-refractivity contribution is 5.78. The second kappa shape index (κ2) is 7.77. The Morgan fingerprint density at radius 3 is 2.73 bits per heavy atom. The molecule has 1 heterocycles. The Balaban J connectivity index is 1.71. The largest absolute Gasteiger partial charge is 0.494 e. The molecular formula is C16H20FNO4. The summed E-state index contributed by atoms with van der Waals surface area (Å²) in [6.07, 6.45) is 2.50. The third kappa shape index (κ3) is 4.72. The lowest BCUT2D eigenvalue weighted by Crippen LogP contribution is -2.36. The zero-order chi connectivity index (χ0) is 15.9. The summed E-state index contributed by atoms with van der Waals surface area (Å²) in [5, 5.41) is 8.85. The maximum absolute atomic E-state index is 12.7. The Hall–Kier alpha value is -2.11. The molecule has 5 nitrogen and oxygen atoms in total. The summed E-state index contributed by atoms with van der Waals surface area (Å²) >= 11 is 0. The van der Waals surface area contributed by atoms with E-state index >= 15 is 0 Å². The van der Waals surface area contributed by atoms with Crippen LogP contribution in [0.2, 0.25) is 0 Å². The van der Waals surface area contributed by atoms with Crippen molar-refractivity contribution in [3.8, 4) is 5.75 Å². The molecule has 1 aromatic rings. The molecule has 1 fully saturated rings. The van der Waals surface area contributed by atoms with Gasteiger partial charge >= 0.3 is 5.97 Å². The fourth-order valence-electron chi connectivity index (χ4n) is 2.67. The van der Waals surface area contributed by atoms with Crippen LogP contribution in [0.1, 0.15) is 32.1 Å². The molecule has 0 saturated carbocycles. The summed E-state index contributed by atoms with van der Waals surface area (Å²) in [5.41, 5.74) is 0. The van der Waals surface area contributed by atoms with Crippen LogP contribution >= 0.6 is 0 Å². The summed E-state index contributed by atoms with van der Waals surface area (Å²) in [4.78, 5) is 24.6. The van der Waals surface area contributed by atoms with Crippen LogP contribution in [0.5, 0.6) is 5.75 Å². The van der Waals surface area contributed by atoms with Crippen molar-refractivity contribution in [3.63, 3.8) is 0 Å². The van der Waals surface area contributed by atoms with Gasteiger partial charge in [-0.1, -0.05) is 0 Å². The van der Waals surface area contributed by atoms with Gasteiger partial charge in [-0.3, -0.25) is 9.59 Å². The van der Waals surface area contributed by atoms with E-state index in [0.717, 1.165) is 12.8 Å². The molecule has 0 aliphatic carbocycles. The molecule has 120 valence electrons. The Morgan fingerprint density at radius 1 is 1.32 bits per heavy atom. The second-order valence-corrected chi connectivity index (χ2v) is 5.39. The number of carboxylic acid groups (broad SMARTS) is 1. The van der Waals surface area contributed by atoms with E-state index in [1.54, 1.807) is 17.0 Å². The van der Waals surface area contributed by atoms with E-state index in [4.69, 9.17) is 9.84 Å². The number of carbonyl (C=O) groups excluding carboxylic acids is 1. The molecule has 1 N–H and O–H groups in total. The number of likely N-dealkylation sites (tertiary alicyclic amines) is 1. The minimum absolute atomic E-state index is 0.0117. The smallest absolute Gasteiger partial charge is 0.305 e. The quantitative estimate of drug-likeness (QED) is 0.786. The average molecular weight is 309 g/mol. The maximum Gasteiger partial charge on any atom is 0.305 e. The van der Waals surface area contributed by atoms with Crippen molar-refractivity contribution in [2.45, 2.75) is 38.1 Å². The number of ether oxygens (including phenoxy) is 1. The molecular weight excluding hydrogens is 289 g/mol. The van der Waals surface area contributed by atoms with Crippen molar-refractivity contribution in [2.24, 2.45) is 0 Å². The number of nitrogens with zero attached hydrogens (tertiary/aromatic N) is 1. The molecule has 1 amide bonds. The molecule has 1 aliphatic rings. The first-order valence-electron chi connectivity index (χ1n) is 7.46. The fourth-order valence-corrected chi connectivity index (χ4v) is 2.67. The van der Waals surface area contributed by atoms with Crippen molar-refractivity contribution in [1.82, 2.24) is 4.90 Å². The number of carboxylic acids is 1. The average Bonchev–Trinajstić information content (AvgIpc) is 2.92. The predicted molar refractivity (Wildman–Crippen MR) is 78.1 cm³/mol. The molecule has 1 atom stereocenters. The minimum atomic E-state index is -0.871. The van der Waals surface area contributed by atoms with Gasteiger partial charge in [0.05, 0.1) is 13.0 Å². The minimum Gasteiger partial charge on any atom is -0.494 e. The summed E-state index contributed by atoms with van der Waals surface area (Å²) < 4.78 is 18.2. The zero-order valence-corrected chi connectivity index (χ0v) is 12.3. The molecule has 1 unspecified atom stereocenters. The van der Waals surface area contributed by atoms with Gasteiger partial charge in [-0.2, -0.15) is 0 Å². The first kappa shape index (κ1) is 16.3. The Kier molecular flexibility index (Phi) is 5.75. The lowest BCUT2D eigenvalue weighted by Gasteiger charge is -2.23. The number of aliphatic carboxylic acids is 1. The zero-order valence-electron chi connectivity index (χ0n) is 12.3. The van der Waals surface area contributed by atoms with Crippen LogP contribution in [-0.2, 0) is 9.59 Å². The van der Waals surface area contributed by atoms with Crippen molar-refractivity contribution < 1.29 is 23.8 Å². The summed E-state index contributed by atoms with van der Waals surface area (Å²) in [7, 11) is 0. The number of hydrogen-bond acceptors (Lipinski definition) is 3. The monoisotopic (exact) mass is 309 g/mol. The SMILES string of the molecule is O=C(O)CC1CCCN1C(=O)CCCOc1ccc(F)cc1. The van der Waals surface area contributed by atoms with Gasteiger partial charge in [0.1, 0.15) is 11.6 Å². The van der Waals surface area contributed by atoms with Crippen LogP contribution in [0.15, 0.2) is 24.3 Å². The number of carbonyl (C=O) groups is 2. The number of amides is 1. The van der Waals surface area contributed by atoms with E-state index in [0.29, 0.717) is 31.7 Å². The molecule has 0 radical (unpaired) electrons. The van der Waals surface area contributed by atoms with Crippen LogP contribution in [0.4, 0.5) is 4.39 Å². The Morgan fingerprint density at radius 2 is 2.05 bits per heavy atom. The summed E-state index contributed by atoms with van der Waals surface area (Å²) in [6, 6.07) is 5.55. The molecule has 1 aromatic carbocycles. The highest BCUT2D eigenvalue weighted by Crippen LogP contribution is 2.21. The van der Waals surface area contributed by atoms with Crippen molar-refractivity contribution >= 4 is 11.9 Å². The standard InChI is InChI=1S/C16H20FNO4/c17-12-5-7-14(8-6-12)22-10-2-4-15(19)18-9-1-3-13(18)11-16(20)21/h5-8,13H,1-4,9-11H2,(H,20,21). The van der Waals surface area contributed by atoms with Gasteiger partial charge in [0, 0.05) is 19.0 Å². The van der Waals surface area contributed by atoms with Crippen LogP contribution in [-0.4, -0.2) is 41.1 Å². The number of rotatable bonds is 7. The predicted octanol–water partition coefficient (Wildman–Crippen LogP) is 2.45. The van der Waals surface area contributed by atoms with Gasteiger partial charge in [0.2, 0.25) is 5.91 Å². The van der Waals surface area contributed by atoms with Crippen LogP contribution < -0.4 is 4.74 Å². The van der Waals surface area contributed by atoms with E-state index in [-0.39, 0.29) is 24.2 Å². The number of hydrogen-bond donors (Lipinski definition) is 1. The number of benzene rings is 1. The van der Waals surface area contributed by atoms with Gasteiger partial charge in [-0.05, 0) is 43.5 Å². The first-order valence-corrected chi connectivity index (χ1v) is 7.46. The van der Waals surface area contributed by atoms with E-state index < -0.39 is 5.97 Å². The third-order valence-corrected chi connectivity index (χ3v) is 3.73. The van der Waals surface area contributed by atoms with Crippen molar-refractivity contribution in [3.05, 3.63) is 30.1 Å². The van der Waals surface area contributed by atoms with E-state index in [2.05, 4.69) is 0 Å². The molecule has 0 bridgehead atoms. The molecule has 1 aliphatic heterocycles. The lowest BCUT2D eigenvalue weighted by molar-refractivity contribution is -0.139. The van der Waals surface area contributed by atoms with Crippen LogP contribution in [0.25, 0.3) is 0 Å². The highest BCUT2D eigenvalue weighted by atomic mass is 19.1. The van der Waals surface area contributed by atoms with Gasteiger partial charge < -0.3 is 14.7 Å². The first-order chi connectivity index (χ1) is 10.6.